The number of ether oxygens (including phenoxy) is 2. The molecule has 0 aromatic heterocycles. The molecule has 4 nitrogen and oxygen atoms in total. The summed E-state index contributed by atoms with van der Waals surface area (Å²) in [5.74, 6) is -3.15. The third-order valence-corrected chi connectivity index (χ3v) is 3.54. The summed E-state index contributed by atoms with van der Waals surface area (Å²) in [6.07, 6.45) is -2.44. The largest absolute Gasteiger partial charge is 0.453 e. The lowest BCUT2D eigenvalue weighted by Crippen LogP contribution is -2.41. The zero-order chi connectivity index (χ0) is 13.6. The molecule has 1 saturated heterocycles. The number of aliphatic hydroxyl groups is 1. The Bertz CT molecular complexity index is 384. The van der Waals surface area contributed by atoms with Crippen molar-refractivity contribution in [3.63, 3.8) is 0 Å². The molecule has 0 aromatic rings. The molecular formula is C12H16F2O4. The number of rotatable bonds is 3. The summed E-state index contributed by atoms with van der Waals surface area (Å²) in [5, 5.41) is 9.71. The average molecular weight is 262 g/mol. The normalized spacial score (nSPS) is 38.8. The van der Waals surface area contributed by atoms with Gasteiger partial charge >= 0.3 is 5.97 Å². The van der Waals surface area contributed by atoms with Crippen LogP contribution in [0.3, 0.4) is 0 Å². The minimum absolute atomic E-state index is 0.197. The van der Waals surface area contributed by atoms with Crippen molar-refractivity contribution < 1.29 is 28.2 Å². The molecule has 3 atom stereocenters. The third-order valence-electron chi connectivity index (χ3n) is 3.54. The number of esters is 1. The first-order valence-electron chi connectivity index (χ1n) is 5.86. The van der Waals surface area contributed by atoms with Gasteiger partial charge in [0, 0.05) is 12.0 Å². The Labute approximate surface area is 104 Å². The quantitative estimate of drug-likeness (QED) is 0.622. The maximum absolute atomic E-state index is 12.8. The Balaban J connectivity index is 2.20. The first-order valence-corrected chi connectivity index (χ1v) is 5.86. The van der Waals surface area contributed by atoms with Gasteiger partial charge < -0.3 is 14.6 Å². The molecule has 0 aromatic carbocycles. The van der Waals surface area contributed by atoms with Crippen LogP contribution in [0.15, 0.2) is 12.2 Å². The molecule has 2 aliphatic rings. The van der Waals surface area contributed by atoms with Crippen LogP contribution in [-0.2, 0) is 14.3 Å². The van der Waals surface area contributed by atoms with E-state index in [4.69, 9.17) is 9.47 Å². The molecule has 2 rings (SSSR count). The van der Waals surface area contributed by atoms with Crippen LogP contribution in [0, 0.1) is 0 Å². The number of carbonyl (C=O) groups excluding carboxylic acids is 1. The monoisotopic (exact) mass is 262 g/mol. The van der Waals surface area contributed by atoms with Gasteiger partial charge in [0.1, 0.15) is 11.7 Å². The van der Waals surface area contributed by atoms with Crippen molar-refractivity contribution in [3.05, 3.63) is 12.2 Å². The summed E-state index contributed by atoms with van der Waals surface area (Å²) in [5.41, 5.74) is -0.941. The van der Waals surface area contributed by atoms with Crippen LogP contribution in [-0.4, -0.2) is 35.0 Å². The summed E-state index contributed by atoms with van der Waals surface area (Å²) in [7, 11) is 0. The SMILES string of the molecule is C=C(C)C(=O)OC12CCCC1OC(O)(C(F)F)C2. The highest BCUT2D eigenvalue weighted by molar-refractivity contribution is 5.87. The van der Waals surface area contributed by atoms with Crippen LogP contribution in [0.2, 0.25) is 0 Å². The number of alkyl halides is 2. The molecule has 0 radical (unpaired) electrons. The molecule has 1 aliphatic carbocycles. The third kappa shape index (κ3) is 2.03. The molecule has 6 heteroatoms. The minimum atomic E-state index is -3.02. The number of halogens is 2. The minimum Gasteiger partial charge on any atom is -0.453 e. The zero-order valence-corrected chi connectivity index (χ0v) is 10.1. The zero-order valence-electron chi connectivity index (χ0n) is 10.1. The molecule has 1 heterocycles. The van der Waals surface area contributed by atoms with Crippen molar-refractivity contribution in [2.75, 3.05) is 0 Å². The van der Waals surface area contributed by atoms with Gasteiger partial charge in [-0.2, -0.15) is 0 Å². The lowest BCUT2D eigenvalue weighted by Gasteiger charge is -2.28. The van der Waals surface area contributed by atoms with Crippen molar-refractivity contribution in [1.82, 2.24) is 0 Å². The summed E-state index contributed by atoms with van der Waals surface area (Å²) in [6.45, 7) is 4.94. The van der Waals surface area contributed by atoms with E-state index >= 15 is 0 Å². The van der Waals surface area contributed by atoms with Crippen molar-refractivity contribution in [3.8, 4) is 0 Å². The average Bonchev–Trinajstić information content (AvgIpc) is 2.71. The Morgan fingerprint density at radius 2 is 2.28 bits per heavy atom. The Hall–Kier alpha value is -1.01. The van der Waals surface area contributed by atoms with Crippen LogP contribution in [0.5, 0.6) is 0 Å². The van der Waals surface area contributed by atoms with Crippen molar-refractivity contribution in [2.24, 2.45) is 0 Å². The van der Waals surface area contributed by atoms with E-state index in [9.17, 15) is 18.7 Å². The van der Waals surface area contributed by atoms with Gasteiger partial charge in [-0.1, -0.05) is 6.58 Å². The first kappa shape index (κ1) is 13.4. The molecule has 0 bridgehead atoms. The van der Waals surface area contributed by atoms with Gasteiger partial charge in [-0.15, -0.1) is 0 Å². The van der Waals surface area contributed by atoms with E-state index < -0.39 is 29.9 Å². The molecular weight excluding hydrogens is 246 g/mol. The van der Waals surface area contributed by atoms with Crippen LogP contribution < -0.4 is 0 Å². The van der Waals surface area contributed by atoms with Gasteiger partial charge in [-0.05, 0) is 26.2 Å². The molecule has 2 fully saturated rings. The second-order valence-electron chi connectivity index (χ2n) is 5.06. The maximum atomic E-state index is 12.8. The molecule has 0 amide bonds. The number of hydrogen-bond acceptors (Lipinski definition) is 4. The van der Waals surface area contributed by atoms with Gasteiger partial charge in [0.15, 0.2) is 0 Å². The molecule has 18 heavy (non-hydrogen) atoms. The van der Waals surface area contributed by atoms with Gasteiger partial charge in [-0.3, -0.25) is 0 Å². The number of carbonyl (C=O) groups is 1. The van der Waals surface area contributed by atoms with Crippen molar-refractivity contribution in [2.45, 2.75) is 56.5 Å². The van der Waals surface area contributed by atoms with Crippen molar-refractivity contribution in [1.29, 1.82) is 0 Å². The molecule has 3 unspecified atom stereocenters. The summed E-state index contributed by atoms with van der Waals surface area (Å²) in [6, 6.07) is 0. The fraction of sp³-hybridized carbons (Fsp3) is 0.750. The fourth-order valence-corrected chi connectivity index (χ4v) is 2.65. The number of fused-ring (bicyclic) bond motifs is 1. The topological polar surface area (TPSA) is 55.8 Å². The summed E-state index contributed by atoms with van der Waals surface area (Å²) < 4.78 is 35.8. The molecule has 0 spiro atoms. The van der Waals surface area contributed by atoms with Crippen molar-refractivity contribution >= 4 is 5.97 Å². The fourth-order valence-electron chi connectivity index (χ4n) is 2.65. The summed E-state index contributed by atoms with van der Waals surface area (Å²) in [4.78, 5) is 11.6. The predicted molar refractivity (Wildman–Crippen MR) is 57.9 cm³/mol. The molecule has 1 N–H and O–H groups in total. The van der Waals surface area contributed by atoms with E-state index in [1.165, 1.54) is 6.92 Å². The lowest BCUT2D eigenvalue weighted by atomic mass is 9.94. The van der Waals surface area contributed by atoms with Gasteiger partial charge in [0.2, 0.25) is 5.79 Å². The molecule has 1 saturated carbocycles. The summed E-state index contributed by atoms with van der Waals surface area (Å²) >= 11 is 0. The van der Waals surface area contributed by atoms with E-state index in [0.29, 0.717) is 19.3 Å². The van der Waals surface area contributed by atoms with Gasteiger partial charge in [0.25, 0.3) is 6.43 Å². The maximum Gasteiger partial charge on any atom is 0.333 e. The van der Waals surface area contributed by atoms with E-state index in [2.05, 4.69) is 6.58 Å². The second-order valence-corrected chi connectivity index (χ2v) is 5.06. The highest BCUT2D eigenvalue weighted by Gasteiger charge is 2.63. The smallest absolute Gasteiger partial charge is 0.333 e. The highest BCUT2D eigenvalue weighted by atomic mass is 19.3. The van der Waals surface area contributed by atoms with E-state index in [1.807, 2.05) is 0 Å². The van der Waals surface area contributed by atoms with Crippen LogP contribution in [0.1, 0.15) is 32.6 Å². The highest BCUT2D eigenvalue weighted by Crippen LogP contribution is 2.50. The van der Waals surface area contributed by atoms with Crippen LogP contribution in [0.25, 0.3) is 0 Å². The predicted octanol–water partition coefficient (Wildman–Crippen LogP) is 1.77. The second kappa shape index (κ2) is 4.28. The van der Waals surface area contributed by atoms with Crippen LogP contribution in [0.4, 0.5) is 8.78 Å². The Morgan fingerprint density at radius 1 is 1.61 bits per heavy atom. The van der Waals surface area contributed by atoms with Gasteiger partial charge in [-0.25, -0.2) is 13.6 Å². The molecule has 1 aliphatic heterocycles. The lowest BCUT2D eigenvalue weighted by molar-refractivity contribution is -0.258. The van der Waals surface area contributed by atoms with Crippen LogP contribution >= 0.6 is 0 Å². The Morgan fingerprint density at radius 3 is 2.83 bits per heavy atom. The first-order chi connectivity index (χ1) is 8.29. The van der Waals surface area contributed by atoms with Gasteiger partial charge in [0.05, 0.1) is 0 Å². The van der Waals surface area contributed by atoms with E-state index in [-0.39, 0.29) is 12.0 Å². The standard InChI is InChI=1S/C12H16F2O4/c1-7(2)9(15)18-11-5-3-4-8(11)17-12(16,6-11)10(13)14/h8,10,16H,1,3-6H2,2H3. The number of hydrogen-bond donors (Lipinski definition) is 1. The van der Waals surface area contributed by atoms with E-state index in [1.54, 1.807) is 0 Å². The molecule has 102 valence electrons. The van der Waals surface area contributed by atoms with E-state index in [0.717, 1.165) is 0 Å². The Kier molecular flexibility index (Phi) is 3.19.